The first-order chi connectivity index (χ1) is 7.99. The van der Waals surface area contributed by atoms with Crippen molar-refractivity contribution in [2.45, 2.75) is 27.3 Å². The third-order valence-corrected chi connectivity index (χ3v) is 3.25. The molecule has 2 rings (SSSR count). The van der Waals surface area contributed by atoms with E-state index < -0.39 is 11.6 Å². The second-order valence-corrected chi connectivity index (χ2v) is 4.40. The Morgan fingerprint density at radius 3 is 2.29 bits per heavy atom. The van der Waals surface area contributed by atoms with Crippen molar-refractivity contribution < 1.29 is 8.78 Å². The SMILES string of the molecule is Cc1cn(Cc2ccc(F)c(F)c2)c(C)c1C. The fourth-order valence-corrected chi connectivity index (χ4v) is 1.93. The van der Waals surface area contributed by atoms with Crippen LogP contribution in [0.25, 0.3) is 0 Å². The van der Waals surface area contributed by atoms with Crippen LogP contribution in [0.15, 0.2) is 24.4 Å². The van der Waals surface area contributed by atoms with Crippen molar-refractivity contribution in [3.05, 3.63) is 58.4 Å². The number of rotatable bonds is 2. The van der Waals surface area contributed by atoms with Crippen molar-refractivity contribution in [1.82, 2.24) is 4.57 Å². The lowest BCUT2D eigenvalue weighted by Gasteiger charge is -2.07. The van der Waals surface area contributed by atoms with Crippen LogP contribution in [0.1, 0.15) is 22.4 Å². The Morgan fingerprint density at radius 2 is 1.76 bits per heavy atom. The molecule has 0 saturated carbocycles. The molecule has 3 heteroatoms. The van der Waals surface area contributed by atoms with Gasteiger partial charge in [0.05, 0.1) is 0 Å². The Balaban J connectivity index is 2.31. The molecular weight excluding hydrogens is 220 g/mol. The Kier molecular flexibility index (Phi) is 3.01. The number of aryl methyl sites for hydroxylation is 1. The molecule has 17 heavy (non-hydrogen) atoms. The zero-order valence-electron chi connectivity index (χ0n) is 10.2. The van der Waals surface area contributed by atoms with E-state index >= 15 is 0 Å². The van der Waals surface area contributed by atoms with Gasteiger partial charge in [0.2, 0.25) is 0 Å². The van der Waals surface area contributed by atoms with Gasteiger partial charge in [-0.3, -0.25) is 0 Å². The van der Waals surface area contributed by atoms with E-state index in [0.29, 0.717) is 6.54 Å². The molecule has 0 aliphatic carbocycles. The number of hydrogen-bond acceptors (Lipinski definition) is 0. The van der Waals surface area contributed by atoms with Gasteiger partial charge in [-0.1, -0.05) is 6.07 Å². The first-order valence-electron chi connectivity index (χ1n) is 5.56. The van der Waals surface area contributed by atoms with E-state index in [-0.39, 0.29) is 0 Å². The highest BCUT2D eigenvalue weighted by molar-refractivity contribution is 5.30. The van der Waals surface area contributed by atoms with Crippen LogP contribution in [0.2, 0.25) is 0 Å². The van der Waals surface area contributed by atoms with Crippen molar-refractivity contribution in [2.24, 2.45) is 0 Å². The lowest BCUT2D eigenvalue weighted by Crippen LogP contribution is -2.01. The minimum atomic E-state index is -0.801. The quantitative estimate of drug-likeness (QED) is 0.747. The van der Waals surface area contributed by atoms with Crippen molar-refractivity contribution in [3.8, 4) is 0 Å². The van der Waals surface area contributed by atoms with Crippen LogP contribution < -0.4 is 0 Å². The molecule has 0 spiro atoms. The van der Waals surface area contributed by atoms with E-state index in [4.69, 9.17) is 0 Å². The van der Waals surface area contributed by atoms with E-state index in [0.717, 1.165) is 11.3 Å². The molecule has 0 radical (unpaired) electrons. The summed E-state index contributed by atoms with van der Waals surface area (Å²) >= 11 is 0. The molecule has 0 aliphatic rings. The summed E-state index contributed by atoms with van der Waals surface area (Å²) in [4.78, 5) is 0. The third kappa shape index (κ3) is 2.23. The predicted molar refractivity (Wildman–Crippen MR) is 64.1 cm³/mol. The average Bonchev–Trinajstić information content (AvgIpc) is 2.52. The van der Waals surface area contributed by atoms with E-state index in [1.54, 1.807) is 6.07 Å². The standard InChI is InChI=1S/C14H15F2N/c1-9-7-17(11(3)10(9)2)8-12-4-5-13(15)14(16)6-12/h4-7H,8H2,1-3H3. The molecule has 0 fully saturated rings. The maximum Gasteiger partial charge on any atom is 0.159 e. The maximum atomic E-state index is 13.1. The van der Waals surface area contributed by atoms with Crippen molar-refractivity contribution in [2.75, 3.05) is 0 Å². The van der Waals surface area contributed by atoms with E-state index in [1.807, 2.05) is 20.0 Å². The molecule has 90 valence electrons. The predicted octanol–water partition coefficient (Wildman–Crippen LogP) is 3.74. The van der Waals surface area contributed by atoms with Gasteiger partial charge in [-0.25, -0.2) is 8.78 Å². The zero-order chi connectivity index (χ0) is 12.6. The maximum absolute atomic E-state index is 13.1. The molecule has 0 N–H and O–H groups in total. The number of aromatic nitrogens is 1. The van der Waals surface area contributed by atoms with Gasteiger partial charge in [0, 0.05) is 18.4 Å². The molecule has 0 aliphatic heterocycles. The summed E-state index contributed by atoms with van der Waals surface area (Å²) in [7, 11) is 0. The zero-order valence-corrected chi connectivity index (χ0v) is 10.2. The Hall–Kier alpha value is -1.64. The summed E-state index contributed by atoms with van der Waals surface area (Å²) in [6.45, 7) is 6.70. The van der Waals surface area contributed by atoms with Crippen LogP contribution in [0.5, 0.6) is 0 Å². The van der Waals surface area contributed by atoms with Gasteiger partial charge in [-0.05, 0) is 49.6 Å². The van der Waals surface area contributed by atoms with Crippen LogP contribution in [0.4, 0.5) is 8.78 Å². The van der Waals surface area contributed by atoms with Crippen LogP contribution >= 0.6 is 0 Å². The fraction of sp³-hybridized carbons (Fsp3) is 0.286. The van der Waals surface area contributed by atoms with Crippen molar-refractivity contribution in [3.63, 3.8) is 0 Å². The molecule has 0 bridgehead atoms. The van der Waals surface area contributed by atoms with Gasteiger partial charge in [0.25, 0.3) is 0 Å². The van der Waals surface area contributed by atoms with E-state index in [1.165, 1.54) is 23.3 Å². The molecule has 0 atom stereocenters. The van der Waals surface area contributed by atoms with Gasteiger partial charge >= 0.3 is 0 Å². The average molecular weight is 235 g/mol. The molecule has 1 aromatic carbocycles. The monoisotopic (exact) mass is 235 g/mol. The van der Waals surface area contributed by atoms with Crippen LogP contribution in [0, 0.1) is 32.4 Å². The number of hydrogen-bond donors (Lipinski definition) is 0. The number of benzene rings is 1. The van der Waals surface area contributed by atoms with Gasteiger partial charge in [-0.15, -0.1) is 0 Å². The first kappa shape index (κ1) is 11.8. The summed E-state index contributed by atoms with van der Waals surface area (Å²) in [5.74, 6) is -1.59. The van der Waals surface area contributed by atoms with Crippen LogP contribution in [-0.4, -0.2) is 4.57 Å². The number of halogens is 2. The molecule has 0 amide bonds. The van der Waals surface area contributed by atoms with Gasteiger partial charge in [-0.2, -0.15) is 0 Å². The minimum Gasteiger partial charge on any atom is -0.347 e. The highest BCUT2D eigenvalue weighted by Gasteiger charge is 2.07. The molecule has 1 nitrogen and oxygen atoms in total. The lowest BCUT2D eigenvalue weighted by atomic mass is 10.2. The highest BCUT2D eigenvalue weighted by atomic mass is 19.2. The van der Waals surface area contributed by atoms with E-state index in [2.05, 4.69) is 11.5 Å². The molecule has 1 aromatic heterocycles. The van der Waals surface area contributed by atoms with Crippen LogP contribution in [-0.2, 0) is 6.54 Å². The molecule has 0 saturated heterocycles. The fourth-order valence-electron chi connectivity index (χ4n) is 1.93. The Morgan fingerprint density at radius 1 is 1.06 bits per heavy atom. The third-order valence-electron chi connectivity index (χ3n) is 3.25. The van der Waals surface area contributed by atoms with Crippen LogP contribution in [0.3, 0.4) is 0 Å². The second kappa shape index (κ2) is 4.32. The first-order valence-corrected chi connectivity index (χ1v) is 5.56. The largest absolute Gasteiger partial charge is 0.347 e. The lowest BCUT2D eigenvalue weighted by molar-refractivity contribution is 0.506. The highest BCUT2D eigenvalue weighted by Crippen LogP contribution is 2.17. The molecule has 1 heterocycles. The molecule has 0 unspecified atom stereocenters. The second-order valence-electron chi connectivity index (χ2n) is 4.40. The van der Waals surface area contributed by atoms with Crippen molar-refractivity contribution in [1.29, 1.82) is 0 Å². The summed E-state index contributed by atoms with van der Waals surface area (Å²) in [5, 5.41) is 0. The normalized spacial score (nSPS) is 10.9. The summed E-state index contributed by atoms with van der Waals surface area (Å²) in [5.41, 5.74) is 4.38. The summed E-state index contributed by atoms with van der Waals surface area (Å²) in [6.07, 6.45) is 2.03. The smallest absolute Gasteiger partial charge is 0.159 e. The summed E-state index contributed by atoms with van der Waals surface area (Å²) in [6, 6.07) is 4.03. The van der Waals surface area contributed by atoms with Gasteiger partial charge in [0.1, 0.15) is 0 Å². The van der Waals surface area contributed by atoms with E-state index in [9.17, 15) is 8.78 Å². The number of nitrogens with zero attached hydrogens (tertiary/aromatic N) is 1. The van der Waals surface area contributed by atoms with Gasteiger partial charge in [0.15, 0.2) is 11.6 Å². The Labute approximate surface area is 99.7 Å². The van der Waals surface area contributed by atoms with Crippen molar-refractivity contribution >= 4 is 0 Å². The van der Waals surface area contributed by atoms with Gasteiger partial charge < -0.3 is 4.57 Å². The Bertz CT molecular complexity index is 556. The topological polar surface area (TPSA) is 4.93 Å². The summed E-state index contributed by atoms with van der Waals surface area (Å²) < 4.78 is 27.9. The minimum absolute atomic E-state index is 0.567. The molecule has 2 aromatic rings. The molecular formula is C14H15F2N.